The van der Waals surface area contributed by atoms with E-state index >= 15 is 0 Å². The van der Waals surface area contributed by atoms with Crippen molar-refractivity contribution < 1.29 is 14.0 Å². The zero-order chi connectivity index (χ0) is 22.2. The highest BCUT2D eigenvalue weighted by molar-refractivity contribution is 7.75. The lowest BCUT2D eigenvalue weighted by Crippen LogP contribution is -2.12. The summed E-state index contributed by atoms with van der Waals surface area (Å²) in [6.45, 7) is 12.0. The molecule has 0 amide bonds. The van der Waals surface area contributed by atoms with E-state index in [1.54, 1.807) is 24.6 Å². The van der Waals surface area contributed by atoms with Crippen molar-refractivity contribution in [2.75, 3.05) is 31.3 Å². The summed E-state index contributed by atoms with van der Waals surface area (Å²) < 4.78 is 14.4. The van der Waals surface area contributed by atoms with E-state index in [2.05, 4.69) is 39.1 Å². The van der Waals surface area contributed by atoms with Crippen molar-refractivity contribution in [3.63, 3.8) is 0 Å². The van der Waals surface area contributed by atoms with Gasteiger partial charge in [-0.2, -0.15) is 0 Å². The molecule has 0 radical (unpaired) electrons. The summed E-state index contributed by atoms with van der Waals surface area (Å²) in [6, 6.07) is 0. The smallest absolute Gasteiger partial charge is 0.122 e. The summed E-state index contributed by atoms with van der Waals surface area (Å²) >= 11 is 0. The van der Waals surface area contributed by atoms with E-state index in [4.69, 9.17) is 0 Å². The Morgan fingerprint density at radius 3 is 1.28 bits per heavy atom. The normalized spacial score (nSPS) is 12.5. The first-order valence-electron chi connectivity index (χ1n) is 12.7. The van der Waals surface area contributed by atoms with Crippen molar-refractivity contribution in [3.8, 4) is 0 Å². The highest BCUT2D eigenvalue weighted by Gasteiger charge is 2.34. The Labute approximate surface area is 185 Å². The average Bonchev–Trinajstić information content (AvgIpc) is 2.72. The summed E-state index contributed by atoms with van der Waals surface area (Å²) in [6.07, 6.45) is 24.9. The van der Waals surface area contributed by atoms with Gasteiger partial charge >= 0.3 is 0 Å². The molecule has 0 aromatic heterocycles. The van der Waals surface area contributed by atoms with Crippen LogP contribution in [0.5, 0.6) is 0 Å². The quantitative estimate of drug-likeness (QED) is 0.138. The number of rotatable bonds is 20. The van der Waals surface area contributed by atoms with Gasteiger partial charge in [0.05, 0.1) is 31.3 Å². The molecule has 0 N–H and O–H groups in total. The second-order valence-electron chi connectivity index (χ2n) is 8.52. The molecule has 0 aromatic carbocycles. The standard InChI is InChI=1S/C16H36P.C8H19O3P/c1-5-9-13-17(14-10-6-2,15-11-7-3)16-12-8-4;1-2-3-4-5-6-7-8-11-12(9)10/h5-16H2,1-4H3;12H,2-8H2,1H3,(H,9,10)/q+1;/p-1. The molecule has 0 bridgehead atoms. The maximum atomic E-state index is 9.99. The van der Waals surface area contributed by atoms with Crippen molar-refractivity contribution in [2.24, 2.45) is 0 Å². The zero-order valence-corrected chi connectivity index (χ0v) is 22.5. The van der Waals surface area contributed by atoms with Gasteiger partial charge in [0, 0.05) is 7.26 Å². The van der Waals surface area contributed by atoms with Gasteiger partial charge in [-0.25, -0.2) is 0 Å². The van der Waals surface area contributed by atoms with E-state index in [1.165, 1.54) is 77.0 Å². The van der Waals surface area contributed by atoms with Crippen LogP contribution in [-0.4, -0.2) is 31.3 Å². The largest absolute Gasteiger partial charge is 0.781 e. The fourth-order valence-electron chi connectivity index (χ4n) is 3.68. The summed E-state index contributed by atoms with van der Waals surface area (Å²) in [7, 11) is -3.49. The third-order valence-corrected chi connectivity index (χ3v) is 11.2. The highest BCUT2D eigenvalue weighted by atomic mass is 31.2. The molecule has 5 heteroatoms. The highest BCUT2D eigenvalue weighted by Crippen LogP contribution is 2.61. The minimum Gasteiger partial charge on any atom is -0.781 e. The van der Waals surface area contributed by atoms with Gasteiger partial charge in [-0.3, -0.25) is 0 Å². The molecular weight excluding hydrogens is 398 g/mol. The van der Waals surface area contributed by atoms with Crippen LogP contribution in [0.3, 0.4) is 0 Å². The molecule has 0 saturated heterocycles. The van der Waals surface area contributed by atoms with Gasteiger partial charge < -0.3 is 14.0 Å². The molecule has 0 spiro atoms. The van der Waals surface area contributed by atoms with Gasteiger partial charge in [0.1, 0.15) is 8.25 Å². The lowest BCUT2D eigenvalue weighted by molar-refractivity contribution is -0.185. The third-order valence-electron chi connectivity index (χ3n) is 5.66. The van der Waals surface area contributed by atoms with Crippen LogP contribution in [0.2, 0.25) is 0 Å². The fraction of sp³-hybridized carbons (Fsp3) is 1.00. The molecule has 0 rings (SSSR count). The lowest BCUT2D eigenvalue weighted by atomic mass is 10.1. The number of hydrogen-bond donors (Lipinski definition) is 0. The molecular formula is C24H54O3P2. The minimum absolute atomic E-state index is 0.368. The predicted octanol–water partition coefficient (Wildman–Crippen LogP) is 8.32. The molecule has 0 heterocycles. The van der Waals surface area contributed by atoms with Crippen LogP contribution in [0, 0.1) is 0 Å². The Hall–Kier alpha value is 0.580. The van der Waals surface area contributed by atoms with Crippen LogP contribution in [0.4, 0.5) is 0 Å². The monoisotopic (exact) mass is 452 g/mol. The van der Waals surface area contributed by atoms with Gasteiger partial charge in [0.2, 0.25) is 0 Å². The van der Waals surface area contributed by atoms with E-state index in [-0.39, 0.29) is 0 Å². The average molecular weight is 453 g/mol. The Morgan fingerprint density at radius 1 is 0.586 bits per heavy atom. The Bertz CT molecular complexity index is 301. The molecule has 0 aliphatic rings. The van der Waals surface area contributed by atoms with E-state index in [1.807, 2.05) is 0 Å². The summed E-state index contributed by atoms with van der Waals surface area (Å²) in [4.78, 5) is 9.99. The molecule has 178 valence electrons. The first kappa shape index (κ1) is 31.8. The van der Waals surface area contributed by atoms with Crippen LogP contribution < -0.4 is 4.89 Å². The van der Waals surface area contributed by atoms with Gasteiger partial charge in [-0.1, -0.05) is 92.4 Å². The van der Waals surface area contributed by atoms with Gasteiger partial charge in [-0.05, 0) is 32.1 Å². The second kappa shape index (κ2) is 24.8. The topological polar surface area (TPSA) is 49.4 Å². The lowest BCUT2D eigenvalue weighted by Gasteiger charge is -2.28. The fourth-order valence-corrected chi connectivity index (χ4v) is 9.28. The summed E-state index contributed by atoms with van der Waals surface area (Å²) in [5, 5.41) is 0. The van der Waals surface area contributed by atoms with Gasteiger partial charge in [0.25, 0.3) is 0 Å². The van der Waals surface area contributed by atoms with Crippen molar-refractivity contribution in [3.05, 3.63) is 0 Å². The van der Waals surface area contributed by atoms with Crippen LogP contribution >= 0.6 is 15.5 Å². The summed E-state index contributed by atoms with van der Waals surface area (Å²) in [5.41, 5.74) is 0. The SMILES string of the molecule is CCCCCCCCO[PH](=O)[O-].CCCC[P+](CCCC)(CCCC)CCCC. The number of hydrogen-bond acceptors (Lipinski definition) is 3. The summed E-state index contributed by atoms with van der Waals surface area (Å²) in [5.74, 6) is 0. The molecule has 0 aromatic rings. The molecule has 1 atom stereocenters. The van der Waals surface area contributed by atoms with Crippen LogP contribution in [0.15, 0.2) is 0 Å². The van der Waals surface area contributed by atoms with Crippen molar-refractivity contribution in [2.45, 2.75) is 125 Å². The third kappa shape index (κ3) is 23.1. The van der Waals surface area contributed by atoms with Crippen molar-refractivity contribution in [1.82, 2.24) is 0 Å². The minimum atomic E-state index is -2.93. The molecule has 29 heavy (non-hydrogen) atoms. The van der Waals surface area contributed by atoms with Crippen LogP contribution in [0.25, 0.3) is 0 Å². The first-order valence-corrected chi connectivity index (χ1v) is 16.5. The Morgan fingerprint density at radius 2 is 0.931 bits per heavy atom. The van der Waals surface area contributed by atoms with Crippen molar-refractivity contribution >= 4 is 15.5 Å². The maximum absolute atomic E-state index is 9.99. The Balaban J connectivity index is 0. The first-order chi connectivity index (χ1) is 14.0. The van der Waals surface area contributed by atoms with E-state index in [0.717, 1.165) is 12.8 Å². The molecule has 0 aliphatic heterocycles. The molecule has 3 nitrogen and oxygen atoms in total. The van der Waals surface area contributed by atoms with Crippen LogP contribution in [-0.2, 0) is 9.09 Å². The van der Waals surface area contributed by atoms with Gasteiger partial charge in [-0.15, -0.1) is 0 Å². The van der Waals surface area contributed by atoms with Crippen molar-refractivity contribution in [1.29, 1.82) is 0 Å². The second-order valence-corrected chi connectivity index (χ2v) is 13.8. The maximum Gasteiger partial charge on any atom is 0.122 e. The molecule has 0 aliphatic carbocycles. The Kier molecular flexibility index (Phi) is 27.2. The zero-order valence-electron chi connectivity index (χ0n) is 20.6. The van der Waals surface area contributed by atoms with E-state index in [0.29, 0.717) is 6.61 Å². The molecule has 1 unspecified atom stereocenters. The van der Waals surface area contributed by atoms with Gasteiger partial charge in [0.15, 0.2) is 0 Å². The molecule has 0 fully saturated rings. The number of unbranched alkanes of at least 4 members (excludes halogenated alkanes) is 9. The van der Waals surface area contributed by atoms with E-state index in [9.17, 15) is 9.46 Å². The van der Waals surface area contributed by atoms with Crippen LogP contribution in [0.1, 0.15) is 125 Å². The molecule has 0 saturated carbocycles. The predicted molar refractivity (Wildman–Crippen MR) is 134 cm³/mol. The van der Waals surface area contributed by atoms with E-state index < -0.39 is 15.5 Å².